The Labute approximate surface area is 127 Å². The second kappa shape index (κ2) is 7.11. The SMILES string of the molecule is Clc1ccc(CCNCc2ccncc2Cl)c(Cl)c1. The summed E-state index contributed by atoms with van der Waals surface area (Å²) >= 11 is 18.0. The molecule has 0 bridgehead atoms. The van der Waals surface area contributed by atoms with Crippen molar-refractivity contribution in [1.82, 2.24) is 10.3 Å². The summed E-state index contributed by atoms with van der Waals surface area (Å²) in [5.41, 5.74) is 2.12. The zero-order valence-corrected chi connectivity index (χ0v) is 12.4. The zero-order chi connectivity index (χ0) is 13.7. The molecule has 1 aromatic heterocycles. The van der Waals surface area contributed by atoms with Crippen LogP contribution in [0.15, 0.2) is 36.7 Å². The van der Waals surface area contributed by atoms with E-state index in [4.69, 9.17) is 34.8 Å². The van der Waals surface area contributed by atoms with Crippen LogP contribution in [0.3, 0.4) is 0 Å². The molecule has 0 atom stereocenters. The molecule has 2 nitrogen and oxygen atoms in total. The minimum absolute atomic E-state index is 0.658. The van der Waals surface area contributed by atoms with E-state index in [1.165, 1.54) is 0 Å². The fourth-order valence-corrected chi connectivity index (χ4v) is 2.41. The van der Waals surface area contributed by atoms with Crippen LogP contribution in [0, 0.1) is 0 Å². The van der Waals surface area contributed by atoms with Gasteiger partial charge in [0, 0.05) is 29.0 Å². The standard InChI is InChI=1S/C14H13Cl3N2/c15-12-2-1-10(13(16)7-12)3-5-18-8-11-4-6-19-9-14(11)17/h1-2,4,6-7,9,18H,3,5,8H2. The van der Waals surface area contributed by atoms with Gasteiger partial charge in [-0.15, -0.1) is 0 Å². The fourth-order valence-electron chi connectivity index (χ4n) is 1.72. The maximum atomic E-state index is 6.11. The van der Waals surface area contributed by atoms with Crippen LogP contribution in [0.25, 0.3) is 0 Å². The van der Waals surface area contributed by atoms with E-state index in [9.17, 15) is 0 Å². The van der Waals surface area contributed by atoms with Crippen LogP contribution in [-0.4, -0.2) is 11.5 Å². The summed E-state index contributed by atoms with van der Waals surface area (Å²) in [6.45, 7) is 1.53. The smallest absolute Gasteiger partial charge is 0.0634 e. The number of aromatic nitrogens is 1. The van der Waals surface area contributed by atoms with Crippen molar-refractivity contribution >= 4 is 34.8 Å². The molecule has 0 saturated carbocycles. The van der Waals surface area contributed by atoms with Crippen molar-refractivity contribution < 1.29 is 0 Å². The summed E-state index contributed by atoms with van der Waals surface area (Å²) in [6, 6.07) is 7.47. The molecule has 0 aliphatic rings. The van der Waals surface area contributed by atoms with Crippen molar-refractivity contribution in [2.75, 3.05) is 6.54 Å². The van der Waals surface area contributed by atoms with Gasteiger partial charge in [-0.1, -0.05) is 40.9 Å². The van der Waals surface area contributed by atoms with Crippen LogP contribution in [0.1, 0.15) is 11.1 Å². The lowest BCUT2D eigenvalue weighted by Crippen LogP contribution is -2.17. The first kappa shape index (κ1) is 14.6. The third-order valence-corrected chi connectivity index (χ3v) is 3.69. The number of hydrogen-bond donors (Lipinski definition) is 1. The lowest BCUT2D eigenvalue weighted by atomic mass is 10.1. The first-order valence-corrected chi connectivity index (χ1v) is 7.03. The number of nitrogens with one attached hydrogen (secondary N) is 1. The van der Waals surface area contributed by atoms with Gasteiger partial charge in [0.1, 0.15) is 0 Å². The van der Waals surface area contributed by atoms with Gasteiger partial charge >= 0.3 is 0 Å². The highest BCUT2D eigenvalue weighted by atomic mass is 35.5. The quantitative estimate of drug-likeness (QED) is 0.829. The first-order valence-electron chi connectivity index (χ1n) is 5.90. The second-order valence-electron chi connectivity index (χ2n) is 4.13. The van der Waals surface area contributed by atoms with E-state index >= 15 is 0 Å². The number of hydrogen-bond acceptors (Lipinski definition) is 2. The van der Waals surface area contributed by atoms with Gasteiger partial charge in [-0.25, -0.2) is 0 Å². The second-order valence-corrected chi connectivity index (χ2v) is 5.38. The van der Waals surface area contributed by atoms with Crippen LogP contribution >= 0.6 is 34.8 Å². The Hall–Kier alpha value is -0.800. The topological polar surface area (TPSA) is 24.9 Å². The van der Waals surface area contributed by atoms with Crippen LogP contribution in [0.5, 0.6) is 0 Å². The maximum Gasteiger partial charge on any atom is 0.0634 e. The molecular formula is C14H13Cl3N2. The fraction of sp³-hybridized carbons (Fsp3) is 0.214. The molecule has 0 saturated heterocycles. The summed E-state index contributed by atoms with van der Waals surface area (Å²) in [5.74, 6) is 0. The largest absolute Gasteiger partial charge is 0.312 e. The highest BCUT2D eigenvalue weighted by molar-refractivity contribution is 6.35. The van der Waals surface area contributed by atoms with Crippen LogP contribution in [0.4, 0.5) is 0 Å². The average molecular weight is 316 g/mol. The van der Waals surface area contributed by atoms with E-state index in [-0.39, 0.29) is 0 Å². The number of halogens is 3. The van der Waals surface area contributed by atoms with Crippen LogP contribution in [0.2, 0.25) is 15.1 Å². The third-order valence-electron chi connectivity index (χ3n) is 2.76. The van der Waals surface area contributed by atoms with Gasteiger partial charge in [-0.3, -0.25) is 4.98 Å². The molecule has 2 rings (SSSR count). The Bertz CT molecular complexity index is 558. The number of pyridine rings is 1. The van der Waals surface area contributed by atoms with Gasteiger partial charge in [0.25, 0.3) is 0 Å². The highest BCUT2D eigenvalue weighted by Gasteiger charge is 2.02. The normalized spacial score (nSPS) is 10.7. The van der Waals surface area contributed by atoms with E-state index in [1.807, 2.05) is 18.2 Å². The molecule has 0 fully saturated rings. The Morgan fingerprint density at radius 3 is 2.58 bits per heavy atom. The molecule has 0 spiro atoms. The van der Waals surface area contributed by atoms with Crippen LogP contribution < -0.4 is 5.32 Å². The monoisotopic (exact) mass is 314 g/mol. The van der Waals surface area contributed by atoms with E-state index in [0.717, 1.165) is 24.1 Å². The molecule has 2 aromatic rings. The predicted molar refractivity (Wildman–Crippen MR) is 81.1 cm³/mol. The van der Waals surface area contributed by atoms with Gasteiger partial charge in [-0.2, -0.15) is 0 Å². The Balaban J connectivity index is 1.83. The van der Waals surface area contributed by atoms with Crippen molar-refractivity contribution in [3.05, 3.63) is 62.9 Å². The highest BCUT2D eigenvalue weighted by Crippen LogP contribution is 2.21. The van der Waals surface area contributed by atoms with E-state index in [0.29, 0.717) is 21.6 Å². The van der Waals surface area contributed by atoms with Gasteiger partial charge in [0.15, 0.2) is 0 Å². The molecule has 5 heteroatoms. The van der Waals surface area contributed by atoms with Crippen molar-refractivity contribution in [2.45, 2.75) is 13.0 Å². The van der Waals surface area contributed by atoms with Crippen molar-refractivity contribution in [3.8, 4) is 0 Å². The Kier molecular flexibility index (Phi) is 5.46. The molecule has 0 aliphatic carbocycles. The Morgan fingerprint density at radius 2 is 1.84 bits per heavy atom. The third kappa shape index (κ3) is 4.36. The lowest BCUT2D eigenvalue weighted by Gasteiger charge is -2.07. The molecule has 0 radical (unpaired) electrons. The molecule has 1 N–H and O–H groups in total. The van der Waals surface area contributed by atoms with E-state index < -0.39 is 0 Å². The molecule has 100 valence electrons. The van der Waals surface area contributed by atoms with Gasteiger partial charge in [0.2, 0.25) is 0 Å². The number of nitrogens with zero attached hydrogens (tertiary/aromatic N) is 1. The van der Waals surface area contributed by atoms with Gasteiger partial charge in [0.05, 0.1) is 5.02 Å². The van der Waals surface area contributed by atoms with Gasteiger partial charge < -0.3 is 5.32 Å². The number of benzene rings is 1. The van der Waals surface area contributed by atoms with Crippen molar-refractivity contribution in [1.29, 1.82) is 0 Å². The van der Waals surface area contributed by atoms with Crippen molar-refractivity contribution in [3.63, 3.8) is 0 Å². The summed E-state index contributed by atoms with van der Waals surface area (Å²) in [7, 11) is 0. The first-order chi connectivity index (χ1) is 9.16. The molecular weight excluding hydrogens is 303 g/mol. The van der Waals surface area contributed by atoms with Crippen LogP contribution in [-0.2, 0) is 13.0 Å². The minimum atomic E-state index is 0.658. The molecule has 1 heterocycles. The summed E-state index contributed by atoms with van der Waals surface area (Å²) < 4.78 is 0. The van der Waals surface area contributed by atoms with E-state index in [1.54, 1.807) is 18.5 Å². The zero-order valence-electron chi connectivity index (χ0n) is 10.2. The molecule has 0 amide bonds. The van der Waals surface area contributed by atoms with Crippen molar-refractivity contribution in [2.24, 2.45) is 0 Å². The summed E-state index contributed by atoms with van der Waals surface area (Å²) in [6.07, 6.45) is 4.23. The number of rotatable bonds is 5. The molecule has 19 heavy (non-hydrogen) atoms. The molecule has 0 aliphatic heterocycles. The Morgan fingerprint density at radius 1 is 1.00 bits per heavy atom. The molecule has 1 aromatic carbocycles. The summed E-state index contributed by atoms with van der Waals surface area (Å²) in [4.78, 5) is 3.95. The summed E-state index contributed by atoms with van der Waals surface area (Å²) in [5, 5.41) is 5.37. The molecule has 0 unspecified atom stereocenters. The average Bonchev–Trinajstić information content (AvgIpc) is 2.38. The van der Waals surface area contributed by atoms with Gasteiger partial charge in [-0.05, 0) is 42.3 Å². The lowest BCUT2D eigenvalue weighted by molar-refractivity contribution is 0.686. The van der Waals surface area contributed by atoms with E-state index in [2.05, 4.69) is 10.3 Å². The predicted octanol–water partition coefficient (Wildman–Crippen LogP) is 4.37. The minimum Gasteiger partial charge on any atom is -0.312 e. The maximum absolute atomic E-state index is 6.11.